The highest BCUT2D eigenvalue weighted by Gasteiger charge is 2.24. The van der Waals surface area contributed by atoms with Gasteiger partial charge in [0.2, 0.25) is 5.95 Å². The number of anilines is 3. The van der Waals surface area contributed by atoms with Crippen molar-refractivity contribution >= 4 is 29.3 Å². The Morgan fingerprint density at radius 1 is 1.00 bits per heavy atom. The van der Waals surface area contributed by atoms with Crippen molar-refractivity contribution in [2.45, 2.75) is 32.6 Å². The van der Waals surface area contributed by atoms with Crippen molar-refractivity contribution < 1.29 is 9.59 Å². The zero-order valence-electron chi connectivity index (χ0n) is 18.7. The van der Waals surface area contributed by atoms with Crippen LogP contribution in [0.3, 0.4) is 0 Å². The molecule has 0 bridgehead atoms. The Kier molecular flexibility index (Phi) is 7.24. The molecule has 1 N–H and O–H groups in total. The molecule has 1 aliphatic rings. The summed E-state index contributed by atoms with van der Waals surface area (Å²) in [4.78, 5) is 41.4. The topological polar surface area (TPSA) is 91.3 Å². The summed E-state index contributed by atoms with van der Waals surface area (Å²) in [7, 11) is 0. The van der Waals surface area contributed by atoms with E-state index in [1.165, 1.54) is 30.4 Å². The normalized spacial score (nSPS) is 14.0. The minimum Gasteiger partial charge on any atom is -0.339 e. The highest BCUT2D eigenvalue weighted by Crippen LogP contribution is 2.25. The van der Waals surface area contributed by atoms with E-state index in [0.717, 1.165) is 31.8 Å². The third-order valence-corrected chi connectivity index (χ3v) is 5.88. The van der Waals surface area contributed by atoms with Gasteiger partial charge in [-0.1, -0.05) is 38.0 Å². The number of carbonyl (C=O) groups excluding carboxylic acids is 2. The summed E-state index contributed by atoms with van der Waals surface area (Å²) in [5.41, 5.74) is 1.83. The monoisotopic (exact) mass is 444 g/mol. The van der Waals surface area contributed by atoms with Crippen LogP contribution in [0.2, 0.25) is 0 Å². The predicted octanol–water partition coefficient (Wildman–Crippen LogP) is 4.89. The number of rotatable bonds is 6. The molecule has 170 valence electrons. The van der Waals surface area contributed by atoms with Crippen molar-refractivity contribution in [1.82, 2.24) is 19.9 Å². The molecule has 1 aliphatic heterocycles. The summed E-state index contributed by atoms with van der Waals surface area (Å²) < 4.78 is 0. The van der Waals surface area contributed by atoms with E-state index in [1.54, 1.807) is 36.4 Å². The van der Waals surface area contributed by atoms with Gasteiger partial charge in [-0.3, -0.25) is 4.79 Å². The van der Waals surface area contributed by atoms with Crippen LogP contribution in [-0.2, 0) is 0 Å². The van der Waals surface area contributed by atoms with Crippen LogP contribution in [0.5, 0.6) is 0 Å². The van der Waals surface area contributed by atoms with Crippen molar-refractivity contribution in [3.63, 3.8) is 0 Å². The Balaban J connectivity index is 1.43. The molecule has 3 amide bonds. The standard InChI is InChI=1S/C25H28N6O2/c1-2-6-19-13-15-30(16-14-19)23(32)20-9-11-21(12-10-20)29-25(33)31(22-7-4-3-5-8-22)24-27-17-26-18-28-24/h3-5,7-12,17-19H,2,6,13-16H2,1H3,(H,29,33). The smallest absolute Gasteiger partial charge is 0.333 e. The van der Waals surface area contributed by atoms with Crippen LogP contribution in [0, 0.1) is 5.92 Å². The molecule has 0 spiro atoms. The highest BCUT2D eigenvalue weighted by molar-refractivity contribution is 6.06. The molecule has 1 fully saturated rings. The first kappa shape index (κ1) is 22.4. The van der Waals surface area contributed by atoms with Crippen LogP contribution < -0.4 is 10.2 Å². The zero-order valence-corrected chi connectivity index (χ0v) is 18.7. The Morgan fingerprint density at radius 2 is 1.67 bits per heavy atom. The van der Waals surface area contributed by atoms with Gasteiger partial charge >= 0.3 is 6.03 Å². The molecule has 0 saturated carbocycles. The Labute approximate surface area is 193 Å². The van der Waals surface area contributed by atoms with E-state index in [0.29, 0.717) is 16.9 Å². The van der Waals surface area contributed by atoms with Gasteiger partial charge in [0.25, 0.3) is 5.91 Å². The van der Waals surface area contributed by atoms with Crippen molar-refractivity contribution in [2.75, 3.05) is 23.3 Å². The molecular weight excluding hydrogens is 416 g/mol. The summed E-state index contributed by atoms with van der Waals surface area (Å²) in [6, 6.07) is 15.7. The molecule has 0 unspecified atom stereocenters. The summed E-state index contributed by atoms with van der Waals surface area (Å²) >= 11 is 0. The SMILES string of the molecule is CCCC1CCN(C(=O)c2ccc(NC(=O)N(c3ccccc3)c3ncncn3)cc2)CC1. The van der Waals surface area contributed by atoms with E-state index in [2.05, 4.69) is 27.2 Å². The molecule has 4 rings (SSSR count). The van der Waals surface area contributed by atoms with Crippen molar-refractivity contribution in [1.29, 1.82) is 0 Å². The van der Waals surface area contributed by atoms with Crippen LogP contribution in [0.4, 0.5) is 22.1 Å². The maximum absolute atomic E-state index is 13.1. The average Bonchev–Trinajstić information content (AvgIpc) is 2.86. The lowest BCUT2D eigenvalue weighted by atomic mass is 9.92. The fraction of sp³-hybridized carbons (Fsp3) is 0.320. The Morgan fingerprint density at radius 3 is 2.30 bits per heavy atom. The van der Waals surface area contributed by atoms with Gasteiger partial charge in [0.05, 0.1) is 5.69 Å². The molecule has 1 aromatic heterocycles. The minimum atomic E-state index is -0.413. The van der Waals surface area contributed by atoms with Crippen LogP contribution >= 0.6 is 0 Å². The zero-order chi connectivity index (χ0) is 23.0. The van der Waals surface area contributed by atoms with E-state index in [4.69, 9.17) is 0 Å². The molecule has 0 aliphatic carbocycles. The number of nitrogens with one attached hydrogen (secondary N) is 1. The van der Waals surface area contributed by atoms with Gasteiger partial charge in [0.15, 0.2) is 0 Å². The van der Waals surface area contributed by atoms with Crippen molar-refractivity contribution in [2.24, 2.45) is 5.92 Å². The lowest BCUT2D eigenvalue weighted by molar-refractivity contribution is 0.0686. The second-order valence-corrected chi connectivity index (χ2v) is 8.14. The predicted molar refractivity (Wildman–Crippen MR) is 127 cm³/mol. The number of nitrogens with zero attached hydrogens (tertiary/aromatic N) is 5. The van der Waals surface area contributed by atoms with Gasteiger partial charge in [0, 0.05) is 24.3 Å². The van der Waals surface area contributed by atoms with Crippen LogP contribution in [0.15, 0.2) is 67.3 Å². The third kappa shape index (κ3) is 5.52. The maximum atomic E-state index is 13.1. The van der Waals surface area contributed by atoms with Crippen LogP contribution in [0.25, 0.3) is 0 Å². The number of hydrogen-bond donors (Lipinski definition) is 1. The van der Waals surface area contributed by atoms with Gasteiger partial charge in [0.1, 0.15) is 12.7 Å². The summed E-state index contributed by atoms with van der Waals surface area (Å²) in [5, 5.41) is 2.87. The van der Waals surface area contributed by atoms with E-state index in [1.807, 2.05) is 23.1 Å². The number of piperidine rings is 1. The van der Waals surface area contributed by atoms with Gasteiger partial charge in [-0.15, -0.1) is 0 Å². The van der Waals surface area contributed by atoms with Gasteiger partial charge in [-0.2, -0.15) is 0 Å². The first-order chi connectivity index (χ1) is 16.2. The lowest BCUT2D eigenvalue weighted by Gasteiger charge is -2.32. The molecular formula is C25H28N6O2. The summed E-state index contributed by atoms with van der Waals surface area (Å²) in [5.74, 6) is 0.986. The number of hydrogen-bond acceptors (Lipinski definition) is 5. The molecule has 2 aromatic carbocycles. The first-order valence-corrected chi connectivity index (χ1v) is 11.3. The molecule has 33 heavy (non-hydrogen) atoms. The van der Waals surface area contributed by atoms with E-state index >= 15 is 0 Å². The molecule has 1 saturated heterocycles. The second kappa shape index (κ2) is 10.7. The maximum Gasteiger partial charge on any atom is 0.333 e. The largest absolute Gasteiger partial charge is 0.339 e. The lowest BCUT2D eigenvalue weighted by Crippen LogP contribution is -2.38. The van der Waals surface area contributed by atoms with Crippen LogP contribution in [-0.4, -0.2) is 44.9 Å². The number of benzene rings is 2. The number of likely N-dealkylation sites (tertiary alicyclic amines) is 1. The molecule has 2 heterocycles. The van der Waals surface area contributed by atoms with E-state index in [9.17, 15) is 9.59 Å². The van der Waals surface area contributed by atoms with Gasteiger partial charge in [-0.25, -0.2) is 24.6 Å². The average molecular weight is 445 g/mol. The number of para-hydroxylation sites is 1. The van der Waals surface area contributed by atoms with Gasteiger partial charge < -0.3 is 10.2 Å². The molecule has 0 atom stereocenters. The fourth-order valence-electron chi connectivity index (χ4n) is 4.14. The number of aromatic nitrogens is 3. The quantitative estimate of drug-likeness (QED) is 0.584. The van der Waals surface area contributed by atoms with Gasteiger partial charge in [-0.05, 0) is 55.2 Å². The summed E-state index contributed by atoms with van der Waals surface area (Å²) in [6.45, 7) is 3.82. The summed E-state index contributed by atoms with van der Waals surface area (Å²) in [6.07, 6.45) is 7.26. The van der Waals surface area contributed by atoms with E-state index in [-0.39, 0.29) is 11.9 Å². The van der Waals surface area contributed by atoms with Crippen molar-refractivity contribution in [3.05, 3.63) is 72.8 Å². The highest BCUT2D eigenvalue weighted by atomic mass is 16.2. The Hall–Kier alpha value is -3.81. The number of amides is 3. The third-order valence-electron chi connectivity index (χ3n) is 5.88. The van der Waals surface area contributed by atoms with Crippen molar-refractivity contribution in [3.8, 4) is 0 Å². The number of carbonyl (C=O) groups is 2. The molecule has 8 nitrogen and oxygen atoms in total. The molecule has 3 aromatic rings. The second-order valence-electron chi connectivity index (χ2n) is 8.14. The van der Waals surface area contributed by atoms with E-state index < -0.39 is 6.03 Å². The fourth-order valence-corrected chi connectivity index (χ4v) is 4.14. The van der Waals surface area contributed by atoms with Crippen LogP contribution in [0.1, 0.15) is 43.0 Å². The Bertz CT molecular complexity index is 1010. The molecule has 8 heteroatoms. The number of urea groups is 1. The minimum absolute atomic E-state index is 0.0407. The molecule has 0 radical (unpaired) electrons. The first-order valence-electron chi connectivity index (χ1n) is 11.3.